The molecule has 7 nitrogen and oxygen atoms in total. The van der Waals surface area contributed by atoms with Crippen LogP contribution >= 0.6 is 0 Å². The van der Waals surface area contributed by atoms with Crippen LogP contribution in [0.5, 0.6) is 0 Å². The third-order valence-electron chi connectivity index (χ3n) is 8.20. The third kappa shape index (κ3) is 6.42. The number of carbonyl (C=O) groups excluding carboxylic acids is 3. The molecule has 0 spiro atoms. The van der Waals surface area contributed by atoms with Gasteiger partial charge >= 0.3 is 0 Å². The van der Waals surface area contributed by atoms with E-state index in [2.05, 4.69) is 27.8 Å². The lowest BCUT2D eigenvalue weighted by atomic mass is 9.77. The molecule has 0 bridgehead atoms. The van der Waals surface area contributed by atoms with E-state index in [1.165, 1.54) is 0 Å². The van der Waals surface area contributed by atoms with Crippen LogP contribution in [-0.2, 0) is 27.2 Å². The number of Topliss-reactive ketones (excluding diaryl/α,β-unsaturated/α-hetero) is 1. The Morgan fingerprint density at radius 1 is 1.10 bits per heavy atom. The van der Waals surface area contributed by atoms with Gasteiger partial charge in [0.25, 0.3) is 0 Å². The van der Waals surface area contributed by atoms with Crippen molar-refractivity contribution in [3.63, 3.8) is 0 Å². The van der Waals surface area contributed by atoms with Gasteiger partial charge < -0.3 is 16.4 Å². The number of rotatable bonds is 9. The van der Waals surface area contributed by atoms with Gasteiger partial charge in [0.15, 0.2) is 0 Å². The van der Waals surface area contributed by atoms with Gasteiger partial charge in [0, 0.05) is 42.0 Å². The summed E-state index contributed by atoms with van der Waals surface area (Å²) >= 11 is 0. The van der Waals surface area contributed by atoms with Crippen molar-refractivity contribution in [3.8, 4) is 11.1 Å². The van der Waals surface area contributed by atoms with Crippen molar-refractivity contribution in [1.82, 2.24) is 4.98 Å². The second-order valence-electron chi connectivity index (χ2n) is 11.0. The standard InChI is InChI=1S/C32H36N4O3/c1-20-19-34-12-11-28(20)24-4-2-3-22(13-24)14-26(15-30(37)23-7-5-21(18-33)6-8-23)32(39)35-27-10-9-25-16-31(38)36-29(25)17-27/h2-4,9-13,17,19,21,23,26H,5-8,14-16,18,33H2,1H3,(H,35,39)(H,36,38)/t21?,23?,26-/m1/s1. The van der Waals surface area contributed by atoms with Gasteiger partial charge in [-0.2, -0.15) is 0 Å². The van der Waals surface area contributed by atoms with Gasteiger partial charge in [-0.3, -0.25) is 19.4 Å². The summed E-state index contributed by atoms with van der Waals surface area (Å²) in [5, 5.41) is 5.85. The Morgan fingerprint density at radius 3 is 2.69 bits per heavy atom. The number of carbonyl (C=O) groups is 3. The molecule has 5 rings (SSSR count). The van der Waals surface area contributed by atoms with Gasteiger partial charge in [0.1, 0.15) is 5.78 Å². The molecule has 7 heteroatoms. The summed E-state index contributed by atoms with van der Waals surface area (Å²) in [5.41, 5.74) is 12.3. The van der Waals surface area contributed by atoms with E-state index in [4.69, 9.17) is 5.73 Å². The second-order valence-corrected chi connectivity index (χ2v) is 11.0. The molecule has 1 aliphatic carbocycles. The number of amides is 2. The van der Waals surface area contributed by atoms with Crippen molar-refractivity contribution in [2.75, 3.05) is 17.2 Å². The predicted octanol–water partition coefficient (Wildman–Crippen LogP) is 5.07. The summed E-state index contributed by atoms with van der Waals surface area (Å²) in [6, 6.07) is 15.6. The van der Waals surface area contributed by atoms with E-state index in [0.717, 1.165) is 59.2 Å². The summed E-state index contributed by atoms with van der Waals surface area (Å²) in [6.45, 7) is 2.70. The summed E-state index contributed by atoms with van der Waals surface area (Å²) < 4.78 is 0. The maximum absolute atomic E-state index is 13.6. The Labute approximate surface area is 229 Å². The minimum atomic E-state index is -0.513. The minimum absolute atomic E-state index is 0.0101. The van der Waals surface area contributed by atoms with Crippen molar-refractivity contribution in [2.24, 2.45) is 23.5 Å². The fourth-order valence-electron chi connectivity index (χ4n) is 5.87. The van der Waals surface area contributed by atoms with Crippen LogP contribution in [-0.4, -0.2) is 29.1 Å². The lowest BCUT2D eigenvalue weighted by Crippen LogP contribution is -2.31. The summed E-state index contributed by atoms with van der Waals surface area (Å²) in [7, 11) is 0. The van der Waals surface area contributed by atoms with Crippen molar-refractivity contribution in [2.45, 2.75) is 51.9 Å². The number of nitrogens with one attached hydrogen (secondary N) is 2. The first-order valence-electron chi connectivity index (χ1n) is 13.9. The van der Waals surface area contributed by atoms with Gasteiger partial charge in [0.05, 0.1) is 6.42 Å². The number of nitrogens with two attached hydrogens (primary N) is 1. The second kappa shape index (κ2) is 11.9. The zero-order chi connectivity index (χ0) is 27.4. The Balaban J connectivity index is 1.35. The van der Waals surface area contributed by atoms with Crippen molar-refractivity contribution >= 4 is 29.0 Å². The average molecular weight is 525 g/mol. The summed E-state index contributed by atoms with van der Waals surface area (Å²) in [6.07, 6.45) is 8.25. The van der Waals surface area contributed by atoms with Gasteiger partial charge in [-0.15, -0.1) is 0 Å². The van der Waals surface area contributed by atoms with E-state index in [1.54, 1.807) is 12.3 Å². The first kappa shape index (κ1) is 26.8. The van der Waals surface area contributed by atoms with Crippen LogP contribution < -0.4 is 16.4 Å². The van der Waals surface area contributed by atoms with Crippen LogP contribution in [0.1, 0.15) is 48.8 Å². The quantitative estimate of drug-likeness (QED) is 0.361. The molecule has 3 aromatic rings. The fourth-order valence-corrected chi connectivity index (χ4v) is 5.87. The molecular formula is C32H36N4O3. The number of ketones is 1. The zero-order valence-corrected chi connectivity index (χ0v) is 22.4. The van der Waals surface area contributed by atoms with Crippen LogP contribution in [0.25, 0.3) is 11.1 Å². The highest BCUT2D eigenvalue weighted by molar-refractivity contribution is 6.01. The molecule has 1 saturated carbocycles. The van der Waals surface area contributed by atoms with E-state index in [9.17, 15) is 14.4 Å². The molecule has 2 aromatic carbocycles. The van der Waals surface area contributed by atoms with Gasteiger partial charge in [0.2, 0.25) is 11.8 Å². The maximum Gasteiger partial charge on any atom is 0.228 e. The minimum Gasteiger partial charge on any atom is -0.330 e. The van der Waals surface area contributed by atoms with Gasteiger partial charge in [-0.25, -0.2) is 0 Å². The number of hydrogen-bond donors (Lipinski definition) is 3. The molecule has 1 fully saturated rings. The number of nitrogens with zero attached hydrogens (tertiary/aromatic N) is 1. The van der Waals surface area contributed by atoms with Crippen LogP contribution in [0.15, 0.2) is 60.9 Å². The van der Waals surface area contributed by atoms with Crippen LogP contribution in [0, 0.1) is 24.7 Å². The Morgan fingerprint density at radius 2 is 1.92 bits per heavy atom. The highest BCUT2D eigenvalue weighted by atomic mass is 16.2. The molecule has 2 heterocycles. The van der Waals surface area contributed by atoms with E-state index in [-0.39, 0.29) is 29.9 Å². The predicted molar refractivity (Wildman–Crippen MR) is 153 cm³/mol. The topological polar surface area (TPSA) is 114 Å². The Hall–Kier alpha value is -3.84. The Bertz CT molecular complexity index is 1380. The van der Waals surface area contributed by atoms with Crippen molar-refractivity contribution in [3.05, 3.63) is 77.6 Å². The lowest BCUT2D eigenvalue weighted by molar-refractivity contribution is -0.129. The normalized spacial score (nSPS) is 19.2. The molecule has 202 valence electrons. The highest BCUT2D eigenvalue weighted by Crippen LogP contribution is 2.32. The fraction of sp³-hybridized carbons (Fsp3) is 0.375. The SMILES string of the molecule is Cc1cnccc1-c1cccc(C[C@H](CC(=O)C2CCC(CN)CC2)C(=O)Nc2ccc3c(c2)NC(=O)C3)c1. The molecule has 2 amide bonds. The van der Waals surface area contributed by atoms with Crippen molar-refractivity contribution in [1.29, 1.82) is 0 Å². The van der Waals surface area contributed by atoms with E-state index in [1.807, 2.05) is 43.5 Å². The Kier molecular flexibility index (Phi) is 8.17. The van der Waals surface area contributed by atoms with Crippen LogP contribution in [0.4, 0.5) is 11.4 Å². The van der Waals surface area contributed by atoms with E-state index in [0.29, 0.717) is 31.0 Å². The molecule has 1 atom stereocenters. The van der Waals surface area contributed by atoms with Crippen molar-refractivity contribution < 1.29 is 14.4 Å². The molecular weight excluding hydrogens is 488 g/mol. The third-order valence-corrected chi connectivity index (χ3v) is 8.20. The highest BCUT2D eigenvalue weighted by Gasteiger charge is 2.30. The first-order chi connectivity index (χ1) is 18.9. The number of hydrogen-bond acceptors (Lipinski definition) is 5. The van der Waals surface area contributed by atoms with Crippen LogP contribution in [0.3, 0.4) is 0 Å². The van der Waals surface area contributed by atoms with Crippen LogP contribution in [0.2, 0.25) is 0 Å². The number of anilines is 2. The molecule has 1 aliphatic heterocycles. The number of benzene rings is 2. The number of aryl methyl sites for hydroxylation is 1. The van der Waals surface area contributed by atoms with E-state index >= 15 is 0 Å². The molecule has 39 heavy (non-hydrogen) atoms. The number of pyridine rings is 1. The first-order valence-corrected chi connectivity index (χ1v) is 13.9. The largest absolute Gasteiger partial charge is 0.330 e. The molecule has 1 aromatic heterocycles. The maximum atomic E-state index is 13.6. The van der Waals surface area contributed by atoms with Gasteiger partial charge in [-0.05, 0) is 97.5 Å². The molecule has 0 radical (unpaired) electrons. The molecule has 4 N–H and O–H groups in total. The average Bonchev–Trinajstić information content (AvgIpc) is 3.32. The zero-order valence-electron chi connectivity index (χ0n) is 22.4. The number of aromatic nitrogens is 1. The summed E-state index contributed by atoms with van der Waals surface area (Å²) in [4.78, 5) is 43.0. The summed E-state index contributed by atoms with van der Waals surface area (Å²) in [5.74, 6) is -0.106. The molecule has 2 aliphatic rings. The number of fused-ring (bicyclic) bond motifs is 1. The smallest absolute Gasteiger partial charge is 0.228 e. The molecule has 0 unspecified atom stereocenters. The van der Waals surface area contributed by atoms with E-state index < -0.39 is 5.92 Å². The molecule has 0 saturated heterocycles. The monoisotopic (exact) mass is 524 g/mol. The lowest BCUT2D eigenvalue weighted by Gasteiger charge is -2.28. The van der Waals surface area contributed by atoms with Gasteiger partial charge in [-0.1, -0.05) is 30.3 Å².